The van der Waals surface area contributed by atoms with Gasteiger partial charge in [0, 0.05) is 24.8 Å². The molecule has 1 heterocycles. The van der Waals surface area contributed by atoms with E-state index in [1.54, 1.807) is 0 Å². The Kier molecular flexibility index (Phi) is 8.47. The number of amides is 1. The average molecular weight is 541 g/mol. The number of hydrogen-bond donors (Lipinski definition) is 1. The van der Waals surface area contributed by atoms with Gasteiger partial charge < -0.3 is 14.4 Å². The molecule has 0 unspecified atom stereocenters. The molecular weight excluding hydrogens is 511 g/mol. The number of halogens is 1. The number of hydrazone groups is 1. The predicted molar refractivity (Wildman–Crippen MR) is 144 cm³/mol. The third kappa shape index (κ3) is 6.23. The molecule has 3 aromatic carbocycles. The largest absolute Gasteiger partial charge is 0.486 e. The second-order valence-electron chi connectivity index (χ2n) is 8.35. The zero-order valence-corrected chi connectivity index (χ0v) is 21.9. The molecule has 1 N–H and O–H groups in total. The molecule has 0 aliphatic carbocycles. The molecule has 1 aliphatic heterocycles. The molecule has 0 spiro atoms. The van der Waals surface area contributed by atoms with E-state index in [1.807, 2.05) is 24.3 Å². The van der Waals surface area contributed by atoms with Gasteiger partial charge in [0.25, 0.3) is 15.9 Å². The van der Waals surface area contributed by atoms with Crippen LogP contribution in [-0.2, 0) is 14.8 Å². The molecule has 3 aromatic rings. The fraction of sp³-hybridized carbons (Fsp3) is 0.259. The van der Waals surface area contributed by atoms with Crippen molar-refractivity contribution in [3.05, 3.63) is 78.1 Å². The van der Waals surface area contributed by atoms with E-state index in [9.17, 15) is 17.6 Å². The van der Waals surface area contributed by atoms with E-state index >= 15 is 0 Å². The SMILES string of the molecule is CCN(CC)c1ccc(/C=N\NC(=O)CN(c2ccc(F)cc2)S(=O)(=O)c2ccc3c(c2)OCCO3)cc1. The van der Waals surface area contributed by atoms with Gasteiger partial charge in [-0.15, -0.1) is 0 Å². The Morgan fingerprint density at radius 1 is 0.947 bits per heavy atom. The highest BCUT2D eigenvalue weighted by atomic mass is 32.2. The van der Waals surface area contributed by atoms with Crippen LogP contribution in [0.1, 0.15) is 19.4 Å². The van der Waals surface area contributed by atoms with Crippen LogP contribution < -0.4 is 24.1 Å². The Balaban J connectivity index is 1.51. The van der Waals surface area contributed by atoms with Crippen molar-refractivity contribution in [1.29, 1.82) is 0 Å². The van der Waals surface area contributed by atoms with Crippen molar-refractivity contribution in [1.82, 2.24) is 5.43 Å². The first-order valence-electron chi connectivity index (χ1n) is 12.2. The van der Waals surface area contributed by atoms with Crippen LogP contribution >= 0.6 is 0 Å². The number of carbonyl (C=O) groups excluding carboxylic acids is 1. The monoisotopic (exact) mass is 540 g/mol. The minimum Gasteiger partial charge on any atom is -0.486 e. The van der Waals surface area contributed by atoms with E-state index in [2.05, 4.69) is 29.3 Å². The van der Waals surface area contributed by atoms with Gasteiger partial charge in [-0.05, 0) is 67.9 Å². The summed E-state index contributed by atoms with van der Waals surface area (Å²) in [5, 5.41) is 3.97. The number of anilines is 2. The summed E-state index contributed by atoms with van der Waals surface area (Å²) in [7, 11) is -4.23. The Hall–Kier alpha value is -4.12. The molecule has 1 amide bonds. The highest BCUT2D eigenvalue weighted by Crippen LogP contribution is 2.34. The van der Waals surface area contributed by atoms with Crippen LogP contribution in [0.4, 0.5) is 15.8 Å². The summed E-state index contributed by atoms with van der Waals surface area (Å²) in [5.41, 5.74) is 4.33. The summed E-state index contributed by atoms with van der Waals surface area (Å²) >= 11 is 0. The van der Waals surface area contributed by atoms with Gasteiger partial charge in [-0.25, -0.2) is 18.2 Å². The number of carbonyl (C=O) groups is 1. The lowest BCUT2D eigenvalue weighted by atomic mass is 10.2. The van der Waals surface area contributed by atoms with Gasteiger partial charge in [0.15, 0.2) is 11.5 Å². The maximum Gasteiger partial charge on any atom is 0.264 e. The van der Waals surface area contributed by atoms with E-state index in [1.165, 1.54) is 36.5 Å². The van der Waals surface area contributed by atoms with Crippen molar-refractivity contribution in [3.63, 3.8) is 0 Å². The summed E-state index contributed by atoms with van der Waals surface area (Å²) in [6, 6.07) is 16.7. The first kappa shape index (κ1) is 26.9. The summed E-state index contributed by atoms with van der Waals surface area (Å²) < 4.78 is 52.6. The number of nitrogens with one attached hydrogen (secondary N) is 1. The second-order valence-corrected chi connectivity index (χ2v) is 10.2. The predicted octanol–water partition coefficient (Wildman–Crippen LogP) is 3.79. The summed E-state index contributed by atoms with van der Waals surface area (Å²) in [6.45, 7) is 6.01. The molecule has 0 saturated carbocycles. The standard InChI is InChI=1S/C27H29FN4O5S/c1-3-31(4-2)22-9-5-20(6-10-22)18-29-30-27(33)19-32(23-11-7-21(28)8-12-23)38(34,35)24-13-14-25-26(17-24)37-16-15-36-25/h5-14,17-18H,3-4,15-16,19H2,1-2H3,(H,30,33)/b29-18-. The molecule has 0 bridgehead atoms. The van der Waals surface area contributed by atoms with Crippen molar-refractivity contribution in [2.45, 2.75) is 18.7 Å². The van der Waals surface area contributed by atoms with Crippen molar-refractivity contribution in [2.24, 2.45) is 5.10 Å². The Morgan fingerprint density at radius 3 is 2.24 bits per heavy atom. The number of nitrogens with zero attached hydrogens (tertiary/aromatic N) is 3. The lowest BCUT2D eigenvalue weighted by molar-refractivity contribution is -0.119. The zero-order valence-electron chi connectivity index (χ0n) is 21.1. The van der Waals surface area contributed by atoms with Crippen LogP contribution in [0, 0.1) is 5.82 Å². The third-order valence-corrected chi connectivity index (χ3v) is 7.70. The lowest BCUT2D eigenvalue weighted by Crippen LogP contribution is -2.39. The fourth-order valence-corrected chi connectivity index (χ4v) is 5.38. The van der Waals surface area contributed by atoms with Gasteiger partial charge in [-0.2, -0.15) is 5.10 Å². The average Bonchev–Trinajstić information content (AvgIpc) is 2.93. The highest BCUT2D eigenvalue weighted by molar-refractivity contribution is 7.92. The van der Waals surface area contributed by atoms with Gasteiger partial charge in [-0.3, -0.25) is 9.10 Å². The number of fused-ring (bicyclic) bond motifs is 1. The molecular formula is C27H29FN4O5S. The number of rotatable bonds is 10. The summed E-state index contributed by atoms with van der Waals surface area (Å²) in [4.78, 5) is 14.9. The summed E-state index contributed by atoms with van der Waals surface area (Å²) in [5.74, 6) is -0.490. The van der Waals surface area contributed by atoms with E-state index in [0.717, 1.165) is 40.8 Å². The minimum absolute atomic E-state index is 0.101. The quantitative estimate of drug-likeness (QED) is 0.310. The number of benzene rings is 3. The van der Waals surface area contributed by atoms with Crippen molar-refractivity contribution in [3.8, 4) is 11.5 Å². The normalized spacial score (nSPS) is 12.8. The van der Waals surface area contributed by atoms with Crippen LogP contribution in [0.15, 0.2) is 76.7 Å². The molecule has 11 heteroatoms. The van der Waals surface area contributed by atoms with Crippen molar-refractivity contribution < 1.29 is 27.1 Å². The first-order chi connectivity index (χ1) is 18.3. The van der Waals surface area contributed by atoms with Gasteiger partial charge in [-0.1, -0.05) is 12.1 Å². The van der Waals surface area contributed by atoms with Crippen LogP contribution in [0.3, 0.4) is 0 Å². The molecule has 0 radical (unpaired) electrons. The molecule has 1 aliphatic rings. The molecule has 200 valence electrons. The Bertz CT molecular complexity index is 1390. The molecule has 0 aromatic heterocycles. The maximum atomic E-state index is 13.6. The highest BCUT2D eigenvalue weighted by Gasteiger charge is 2.29. The minimum atomic E-state index is -4.23. The number of ether oxygens (including phenoxy) is 2. The van der Waals surface area contributed by atoms with Crippen LogP contribution in [0.5, 0.6) is 11.5 Å². The molecule has 38 heavy (non-hydrogen) atoms. The molecule has 0 atom stereocenters. The summed E-state index contributed by atoms with van der Waals surface area (Å²) in [6.07, 6.45) is 1.47. The second kappa shape index (κ2) is 12.0. The topological polar surface area (TPSA) is 101 Å². The third-order valence-electron chi connectivity index (χ3n) is 5.93. The number of hydrogen-bond acceptors (Lipinski definition) is 7. The molecule has 4 rings (SSSR count). The van der Waals surface area contributed by atoms with Crippen molar-refractivity contribution >= 4 is 33.5 Å². The van der Waals surface area contributed by atoms with Gasteiger partial charge in [0.2, 0.25) is 0 Å². The molecule has 9 nitrogen and oxygen atoms in total. The fourth-order valence-electron chi connectivity index (χ4n) is 3.94. The first-order valence-corrected chi connectivity index (χ1v) is 13.6. The number of sulfonamides is 1. The smallest absolute Gasteiger partial charge is 0.264 e. The van der Waals surface area contributed by atoms with E-state index in [0.29, 0.717) is 12.4 Å². The van der Waals surface area contributed by atoms with Crippen LogP contribution in [0.2, 0.25) is 0 Å². The maximum absolute atomic E-state index is 13.6. The van der Waals surface area contributed by atoms with E-state index < -0.39 is 28.3 Å². The molecule has 0 fully saturated rings. The van der Waals surface area contributed by atoms with Gasteiger partial charge >= 0.3 is 0 Å². The zero-order chi connectivity index (χ0) is 27.1. The van der Waals surface area contributed by atoms with Gasteiger partial charge in [0.1, 0.15) is 25.6 Å². The van der Waals surface area contributed by atoms with Crippen molar-refractivity contribution in [2.75, 3.05) is 42.1 Å². The van der Waals surface area contributed by atoms with Crippen LogP contribution in [-0.4, -0.2) is 53.4 Å². The van der Waals surface area contributed by atoms with Gasteiger partial charge in [0.05, 0.1) is 16.8 Å². The lowest BCUT2D eigenvalue weighted by Gasteiger charge is -2.25. The van der Waals surface area contributed by atoms with E-state index in [4.69, 9.17) is 9.47 Å². The Labute approximate surface area is 221 Å². The van der Waals surface area contributed by atoms with Crippen LogP contribution in [0.25, 0.3) is 0 Å². The van der Waals surface area contributed by atoms with E-state index in [-0.39, 0.29) is 22.9 Å². The Morgan fingerprint density at radius 2 is 1.58 bits per heavy atom. The molecule has 0 saturated heterocycles.